The summed E-state index contributed by atoms with van der Waals surface area (Å²) in [4.78, 5) is 13.7. The van der Waals surface area contributed by atoms with Gasteiger partial charge in [0.25, 0.3) is 0 Å². The lowest BCUT2D eigenvalue weighted by Gasteiger charge is -2.17. The Morgan fingerprint density at radius 1 is 1.47 bits per heavy atom. The molecule has 0 unspecified atom stereocenters. The summed E-state index contributed by atoms with van der Waals surface area (Å²) in [5, 5.41) is 3.07. The zero-order valence-electron chi connectivity index (χ0n) is 10.2. The molecule has 1 aromatic rings. The molecule has 1 aliphatic rings. The van der Waals surface area contributed by atoms with Crippen LogP contribution in [-0.4, -0.2) is 32.6 Å². The summed E-state index contributed by atoms with van der Waals surface area (Å²) in [6, 6.07) is 6.22. The summed E-state index contributed by atoms with van der Waals surface area (Å²) in [6.45, 7) is 2.20. The van der Waals surface area contributed by atoms with Gasteiger partial charge in [0.2, 0.25) is 5.91 Å². The fourth-order valence-electron chi connectivity index (χ4n) is 2.23. The lowest BCUT2D eigenvalue weighted by molar-refractivity contribution is -0.117. The molecule has 1 heterocycles. The van der Waals surface area contributed by atoms with Crippen LogP contribution < -0.4 is 16.0 Å². The Labute approximate surface area is 102 Å². The zero-order chi connectivity index (χ0) is 12.3. The molecule has 2 rings (SSSR count). The van der Waals surface area contributed by atoms with Crippen LogP contribution in [0.15, 0.2) is 18.2 Å². The Balaban J connectivity index is 2.19. The maximum atomic E-state index is 11.9. The molecule has 1 aromatic carbocycles. The number of nitrogens with zero attached hydrogens (tertiary/aromatic N) is 1. The summed E-state index contributed by atoms with van der Waals surface area (Å²) in [7, 11) is 1.89. The quantitative estimate of drug-likeness (QED) is 0.769. The molecule has 0 fully saturated rings. The minimum absolute atomic E-state index is 0.195. The largest absolute Gasteiger partial charge is 0.330 e. The maximum Gasteiger partial charge on any atom is 0.231 e. The number of amides is 1. The molecule has 0 bridgehead atoms. The van der Waals surface area contributed by atoms with Crippen LogP contribution in [0.3, 0.4) is 0 Å². The second-order valence-electron chi connectivity index (χ2n) is 4.33. The van der Waals surface area contributed by atoms with E-state index in [1.807, 2.05) is 18.0 Å². The third-order valence-electron chi connectivity index (χ3n) is 3.10. The fourth-order valence-corrected chi connectivity index (χ4v) is 2.23. The number of nitrogens with two attached hydrogens (primary N) is 1. The normalized spacial score (nSPS) is 14.2. The molecule has 92 valence electrons. The summed E-state index contributed by atoms with van der Waals surface area (Å²) in [6.07, 6.45) is 1.40. The molecule has 0 aliphatic carbocycles. The van der Waals surface area contributed by atoms with Crippen LogP contribution in [0, 0.1) is 0 Å². The average molecular weight is 233 g/mol. The fraction of sp³-hybridized carbons (Fsp3) is 0.462. The molecule has 1 aliphatic heterocycles. The number of carbonyl (C=O) groups is 1. The topological polar surface area (TPSA) is 58.4 Å². The second kappa shape index (κ2) is 5.29. The average Bonchev–Trinajstić information content (AvgIpc) is 2.62. The van der Waals surface area contributed by atoms with Gasteiger partial charge in [0.1, 0.15) is 0 Å². The number of likely N-dealkylation sites (N-methyl/N-ethyl adjacent to an activating group) is 1. The zero-order valence-corrected chi connectivity index (χ0v) is 10.2. The van der Waals surface area contributed by atoms with Crippen molar-refractivity contribution >= 4 is 11.6 Å². The lowest BCUT2D eigenvalue weighted by atomic mass is 10.1. The molecular formula is C13H19N3O. The van der Waals surface area contributed by atoms with Crippen molar-refractivity contribution in [3.63, 3.8) is 0 Å². The summed E-state index contributed by atoms with van der Waals surface area (Å²) >= 11 is 0. The molecule has 0 saturated carbocycles. The summed E-state index contributed by atoms with van der Waals surface area (Å²) < 4.78 is 0. The van der Waals surface area contributed by atoms with Crippen molar-refractivity contribution in [3.05, 3.63) is 29.3 Å². The first kappa shape index (κ1) is 12.1. The van der Waals surface area contributed by atoms with Crippen LogP contribution in [-0.2, 0) is 17.6 Å². The first-order valence-corrected chi connectivity index (χ1v) is 6.03. The van der Waals surface area contributed by atoms with E-state index in [0.29, 0.717) is 13.0 Å². The van der Waals surface area contributed by atoms with Gasteiger partial charge >= 0.3 is 0 Å². The third-order valence-corrected chi connectivity index (χ3v) is 3.10. The van der Waals surface area contributed by atoms with Crippen LogP contribution >= 0.6 is 0 Å². The van der Waals surface area contributed by atoms with Crippen molar-refractivity contribution in [2.24, 2.45) is 5.73 Å². The van der Waals surface area contributed by atoms with Crippen molar-refractivity contribution in [3.8, 4) is 0 Å². The molecule has 4 nitrogen and oxygen atoms in total. The van der Waals surface area contributed by atoms with Gasteiger partial charge in [-0.15, -0.1) is 0 Å². The van der Waals surface area contributed by atoms with E-state index in [9.17, 15) is 4.79 Å². The number of hydrogen-bond acceptors (Lipinski definition) is 3. The highest BCUT2D eigenvalue weighted by atomic mass is 16.2. The van der Waals surface area contributed by atoms with Crippen molar-refractivity contribution in [1.29, 1.82) is 0 Å². The van der Waals surface area contributed by atoms with Crippen molar-refractivity contribution in [1.82, 2.24) is 5.32 Å². The van der Waals surface area contributed by atoms with E-state index in [-0.39, 0.29) is 5.91 Å². The van der Waals surface area contributed by atoms with E-state index in [0.717, 1.165) is 30.8 Å². The first-order valence-electron chi connectivity index (χ1n) is 6.03. The molecule has 1 amide bonds. The monoisotopic (exact) mass is 233 g/mol. The second-order valence-corrected chi connectivity index (χ2v) is 4.33. The van der Waals surface area contributed by atoms with E-state index in [2.05, 4.69) is 17.4 Å². The smallest absolute Gasteiger partial charge is 0.231 e. The molecular weight excluding hydrogens is 214 g/mol. The summed E-state index contributed by atoms with van der Waals surface area (Å²) in [5.74, 6) is 0.195. The van der Waals surface area contributed by atoms with Crippen LogP contribution in [0.5, 0.6) is 0 Å². The van der Waals surface area contributed by atoms with E-state index in [4.69, 9.17) is 5.73 Å². The molecule has 0 radical (unpaired) electrons. The number of nitrogens with one attached hydrogen (secondary N) is 1. The molecule has 0 aromatic heterocycles. The van der Waals surface area contributed by atoms with Gasteiger partial charge in [-0.3, -0.25) is 4.79 Å². The number of carbonyl (C=O) groups excluding carboxylic acids is 1. The molecule has 0 spiro atoms. The Morgan fingerprint density at radius 2 is 2.29 bits per heavy atom. The standard InChI is InChI=1S/C13H19N3O/c1-15-6-7-16-12-3-2-10(4-5-14)8-11(12)9-13(16)17/h2-3,8,15H,4-7,9,14H2,1H3. The Hall–Kier alpha value is -1.39. The molecule has 17 heavy (non-hydrogen) atoms. The van der Waals surface area contributed by atoms with Crippen LogP contribution in [0.2, 0.25) is 0 Å². The SMILES string of the molecule is CNCCN1C(=O)Cc2cc(CCN)ccc21. The Bertz CT molecular complexity index is 417. The first-order chi connectivity index (χ1) is 8.26. The van der Waals surface area contributed by atoms with Gasteiger partial charge in [-0.1, -0.05) is 12.1 Å². The highest BCUT2D eigenvalue weighted by Gasteiger charge is 2.26. The van der Waals surface area contributed by atoms with Crippen LogP contribution in [0.1, 0.15) is 11.1 Å². The Morgan fingerprint density at radius 3 is 3.00 bits per heavy atom. The number of hydrogen-bond donors (Lipinski definition) is 2. The Kier molecular flexibility index (Phi) is 3.76. The van der Waals surface area contributed by atoms with E-state index >= 15 is 0 Å². The van der Waals surface area contributed by atoms with Crippen LogP contribution in [0.25, 0.3) is 0 Å². The van der Waals surface area contributed by atoms with Gasteiger partial charge in [0.15, 0.2) is 0 Å². The van der Waals surface area contributed by atoms with Crippen molar-refractivity contribution < 1.29 is 4.79 Å². The molecule has 3 N–H and O–H groups in total. The van der Waals surface area contributed by atoms with E-state index < -0.39 is 0 Å². The molecule has 4 heteroatoms. The van der Waals surface area contributed by atoms with E-state index in [1.54, 1.807) is 0 Å². The predicted octanol–water partition coefficient (Wildman–Crippen LogP) is 0.296. The minimum Gasteiger partial charge on any atom is -0.330 e. The highest BCUT2D eigenvalue weighted by Crippen LogP contribution is 2.29. The van der Waals surface area contributed by atoms with Gasteiger partial charge in [-0.25, -0.2) is 0 Å². The van der Waals surface area contributed by atoms with Gasteiger partial charge in [-0.05, 0) is 37.2 Å². The lowest BCUT2D eigenvalue weighted by Crippen LogP contribution is -2.33. The van der Waals surface area contributed by atoms with E-state index in [1.165, 1.54) is 5.56 Å². The van der Waals surface area contributed by atoms with Crippen LogP contribution in [0.4, 0.5) is 5.69 Å². The summed E-state index contributed by atoms with van der Waals surface area (Å²) in [5.41, 5.74) is 8.95. The number of fused-ring (bicyclic) bond motifs is 1. The minimum atomic E-state index is 0.195. The third kappa shape index (κ3) is 2.48. The van der Waals surface area contributed by atoms with Gasteiger partial charge in [0.05, 0.1) is 6.42 Å². The van der Waals surface area contributed by atoms with Crippen molar-refractivity contribution in [2.45, 2.75) is 12.8 Å². The van der Waals surface area contributed by atoms with Gasteiger partial charge < -0.3 is 16.0 Å². The van der Waals surface area contributed by atoms with Gasteiger partial charge in [0, 0.05) is 18.8 Å². The highest BCUT2D eigenvalue weighted by molar-refractivity contribution is 6.01. The molecule has 0 atom stereocenters. The maximum absolute atomic E-state index is 11.9. The molecule has 0 saturated heterocycles. The van der Waals surface area contributed by atoms with Crippen molar-refractivity contribution in [2.75, 3.05) is 31.6 Å². The number of anilines is 1. The van der Waals surface area contributed by atoms with Gasteiger partial charge in [-0.2, -0.15) is 0 Å². The predicted molar refractivity (Wildman–Crippen MR) is 69.2 cm³/mol. The number of rotatable bonds is 5. The number of benzene rings is 1.